The minimum absolute atomic E-state index is 0.0655. The number of carbonyl (C=O) groups is 2. The fourth-order valence-electron chi connectivity index (χ4n) is 3.03. The summed E-state index contributed by atoms with van der Waals surface area (Å²) in [5, 5.41) is 8.43. The first-order chi connectivity index (χ1) is 12.2. The number of fused-ring (bicyclic) bond motifs is 1. The number of aromatic nitrogens is 3. The molecule has 2 aromatic heterocycles. The number of nitrogens with one attached hydrogen (secondary N) is 1. The minimum atomic E-state index is -0.558. The molecular formula is C17H22N4O4. The SMILES string of the molecule is CCOC(=O)c1c(C=O)nc2c(cnn2CC)c1NC1CCOCC1. The fourth-order valence-corrected chi connectivity index (χ4v) is 3.03. The van der Waals surface area contributed by atoms with Gasteiger partial charge in [0.1, 0.15) is 11.3 Å². The van der Waals surface area contributed by atoms with Gasteiger partial charge in [0.05, 0.1) is 23.9 Å². The highest BCUT2D eigenvalue weighted by Gasteiger charge is 2.26. The monoisotopic (exact) mass is 346 g/mol. The van der Waals surface area contributed by atoms with Crippen molar-refractivity contribution in [1.82, 2.24) is 14.8 Å². The number of ether oxygens (including phenoxy) is 2. The third-order valence-electron chi connectivity index (χ3n) is 4.27. The van der Waals surface area contributed by atoms with Crippen molar-refractivity contribution in [3.05, 3.63) is 17.5 Å². The van der Waals surface area contributed by atoms with Crippen molar-refractivity contribution in [2.24, 2.45) is 0 Å². The molecule has 1 fully saturated rings. The third-order valence-corrected chi connectivity index (χ3v) is 4.27. The highest BCUT2D eigenvalue weighted by molar-refractivity contribution is 6.09. The molecule has 1 N–H and O–H groups in total. The van der Waals surface area contributed by atoms with Crippen molar-refractivity contribution in [3.8, 4) is 0 Å². The average molecular weight is 346 g/mol. The number of esters is 1. The van der Waals surface area contributed by atoms with Gasteiger partial charge in [0.15, 0.2) is 11.9 Å². The number of nitrogens with zero attached hydrogens (tertiary/aromatic N) is 3. The van der Waals surface area contributed by atoms with Gasteiger partial charge in [0, 0.05) is 25.8 Å². The Labute approximate surface area is 145 Å². The largest absolute Gasteiger partial charge is 0.462 e. The smallest absolute Gasteiger partial charge is 0.342 e. The molecule has 0 unspecified atom stereocenters. The van der Waals surface area contributed by atoms with Crippen molar-refractivity contribution in [1.29, 1.82) is 0 Å². The van der Waals surface area contributed by atoms with Crippen LogP contribution in [0.1, 0.15) is 47.5 Å². The van der Waals surface area contributed by atoms with E-state index in [2.05, 4.69) is 15.4 Å². The predicted octanol–water partition coefficient (Wildman–Crippen LogP) is 2.03. The molecule has 0 saturated carbocycles. The third kappa shape index (κ3) is 3.34. The zero-order valence-electron chi connectivity index (χ0n) is 14.4. The molecule has 8 heteroatoms. The second-order valence-electron chi connectivity index (χ2n) is 5.81. The van der Waals surface area contributed by atoms with E-state index in [0.717, 1.165) is 12.8 Å². The Hall–Kier alpha value is -2.48. The number of aldehydes is 1. The molecular weight excluding hydrogens is 324 g/mol. The molecule has 25 heavy (non-hydrogen) atoms. The van der Waals surface area contributed by atoms with E-state index in [1.165, 1.54) is 0 Å². The number of hydrogen-bond donors (Lipinski definition) is 1. The summed E-state index contributed by atoms with van der Waals surface area (Å²) in [7, 11) is 0. The molecule has 0 radical (unpaired) electrons. The Morgan fingerprint density at radius 3 is 2.84 bits per heavy atom. The molecule has 0 amide bonds. The fraction of sp³-hybridized carbons (Fsp3) is 0.529. The number of anilines is 1. The zero-order chi connectivity index (χ0) is 17.8. The lowest BCUT2D eigenvalue weighted by atomic mass is 10.0. The first kappa shape index (κ1) is 17.3. The van der Waals surface area contributed by atoms with Gasteiger partial charge in [-0.25, -0.2) is 14.5 Å². The molecule has 3 heterocycles. The van der Waals surface area contributed by atoms with Crippen LogP contribution in [-0.2, 0) is 16.0 Å². The Balaban J connectivity index is 2.16. The van der Waals surface area contributed by atoms with Gasteiger partial charge >= 0.3 is 5.97 Å². The van der Waals surface area contributed by atoms with Crippen LogP contribution >= 0.6 is 0 Å². The van der Waals surface area contributed by atoms with E-state index in [4.69, 9.17) is 9.47 Å². The maximum absolute atomic E-state index is 12.5. The lowest BCUT2D eigenvalue weighted by molar-refractivity contribution is 0.0524. The van der Waals surface area contributed by atoms with Gasteiger partial charge in [0.25, 0.3) is 0 Å². The van der Waals surface area contributed by atoms with Gasteiger partial charge < -0.3 is 14.8 Å². The summed E-state index contributed by atoms with van der Waals surface area (Å²) in [6.45, 7) is 5.83. The van der Waals surface area contributed by atoms with Crippen molar-refractivity contribution < 1.29 is 19.1 Å². The normalized spacial score (nSPS) is 15.3. The van der Waals surface area contributed by atoms with Gasteiger partial charge in [-0.3, -0.25) is 4.79 Å². The number of carbonyl (C=O) groups excluding carboxylic acids is 2. The summed E-state index contributed by atoms with van der Waals surface area (Å²) in [4.78, 5) is 28.4. The van der Waals surface area contributed by atoms with Crippen LogP contribution < -0.4 is 5.32 Å². The van der Waals surface area contributed by atoms with E-state index < -0.39 is 5.97 Å². The molecule has 1 aliphatic rings. The maximum Gasteiger partial charge on any atom is 0.342 e. The first-order valence-electron chi connectivity index (χ1n) is 8.55. The van der Waals surface area contributed by atoms with Crippen LogP contribution in [0.4, 0.5) is 5.69 Å². The Morgan fingerprint density at radius 1 is 1.44 bits per heavy atom. The second-order valence-corrected chi connectivity index (χ2v) is 5.81. The molecule has 0 aromatic carbocycles. The molecule has 134 valence electrons. The van der Waals surface area contributed by atoms with Crippen molar-refractivity contribution in [2.75, 3.05) is 25.1 Å². The Bertz CT molecular complexity index is 781. The molecule has 0 aliphatic carbocycles. The van der Waals surface area contributed by atoms with E-state index in [-0.39, 0.29) is 23.9 Å². The number of hydrogen-bond acceptors (Lipinski definition) is 7. The summed E-state index contributed by atoms with van der Waals surface area (Å²) in [6.07, 6.45) is 3.91. The molecule has 0 atom stereocenters. The summed E-state index contributed by atoms with van der Waals surface area (Å²) in [5.41, 5.74) is 1.38. The second kappa shape index (κ2) is 7.60. The molecule has 1 aliphatic heterocycles. The van der Waals surface area contributed by atoms with Crippen LogP contribution in [0, 0.1) is 0 Å². The summed E-state index contributed by atoms with van der Waals surface area (Å²) < 4.78 is 12.2. The highest BCUT2D eigenvalue weighted by atomic mass is 16.5. The molecule has 3 rings (SSSR count). The first-order valence-corrected chi connectivity index (χ1v) is 8.55. The lowest BCUT2D eigenvalue weighted by Crippen LogP contribution is -2.29. The van der Waals surface area contributed by atoms with Crippen LogP contribution in [-0.4, -0.2) is 52.9 Å². The molecule has 2 aromatic rings. The van der Waals surface area contributed by atoms with Crippen molar-refractivity contribution in [3.63, 3.8) is 0 Å². The zero-order valence-corrected chi connectivity index (χ0v) is 14.4. The van der Waals surface area contributed by atoms with Crippen LogP contribution in [0.15, 0.2) is 6.20 Å². The van der Waals surface area contributed by atoms with Gasteiger partial charge in [-0.1, -0.05) is 0 Å². The van der Waals surface area contributed by atoms with E-state index >= 15 is 0 Å². The van der Waals surface area contributed by atoms with Crippen LogP contribution in [0.3, 0.4) is 0 Å². The molecule has 0 spiro atoms. The highest BCUT2D eigenvalue weighted by Crippen LogP contribution is 2.30. The number of pyridine rings is 1. The van der Waals surface area contributed by atoms with E-state index in [1.807, 2.05) is 6.92 Å². The van der Waals surface area contributed by atoms with Gasteiger partial charge in [-0.15, -0.1) is 0 Å². The van der Waals surface area contributed by atoms with E-state index in [9.17, 15) is 9.59 Å². The predicted molar refractivity (Wildman–Crippen MR) is 92.0 cm³/mol. The standard InChI is InChI=1S/C17H22N4O4/c1-3-21-16-12(9-18-21)15(19-11-5-7-24-8-6-11)14(13(10-22)20-16)17(23)25-4-2/h9-11H,3-8H2,1-2H3,(H,19,20). The van der Waals surface area contributed by atoms with Crippen molar-refractivity contribution in [2.45, 2.75) is 39.3 Å². The van der Waals surface area contributed by atoms with Crippen LogP contribution in [0.25, 0.3) is 11.0 Å². The minimum Gasteiger partial charge on any atom is -0.462 e. The lowest BCUT2D eigenvalue weighted by Gasteiger charge is -2.25. The Kier molecular flexibility index (Phi) is 5.28. The van der Waals surface area contributed by atoms with Crippen LogP contribution in [0.5, 0.6) is 0 Å². The number of rotatable bonds is 6. The summed E-state index contributed by atoms with van der Waals surface area (Å²) in [6, 6.07) is 0.150. The van der Waals surface area contributed by atoms with Gasteiger partial charge in [-0.05, 0) is 26.7 Å². The van der Waals surface area contributed by atoms with Crippen molar-refractivity contribution >= 4 is 29.0 Å². The Morgan fingerprint density at radius 2 is 2.20 bits per heavy atom. The van der Waals surface area contributed by atoms with Gasteiger partial charge in [0.2, 0.25) is 0 Å². The quantitative estimate of drug-likeness (QED) is 0.631. The average Bonchev–Trinajstić information content (AvgIpc) is 3.05. The van der Waals surface area contributed by atoms with E-state index in [0.29, 0.717) is 42.8 Å². The summed E-state index contributed by atoms with van der Waals surface area (Å²) >= 11 is 0. The number of aryl methyl sites for hydroxylation is 1. The molecule has 1 saturated heterocycles. The van der Waals surface area contributed by atoms with E-state index in [1.54, 1.807) is 17.8 Å². The topological polar surface area (TPSA) is 95.3 Å². The molecule has 8 nitrogen and oxygen atoms in total. The van der Waals surface area contributed by atoms with Crippen LogP contribution in [0.2, 0.25) is 0 Å². The molecule has 0 bridgehead atoms. The maximum atomic E-state index is 12.5. The van der Waals surface area contributed by atoms with Gasteiger partial charge in [-0.2, -0.15) is 5.10 Å². The summed E-state index contributed by atoms with van der Waals surface area (Å²) in [5.74, 6) is -0.558.